The molecule has 0 aromatic carbocycles. The molecule has 0 radical (unpaired) electrons. The summed E-state index contributed by atoms with van der Waals surface area (Å²) in [6.45, 7) is 5.13. The lowest BCUT2D eigenvalue weighted by molar-refractivity contribution is -0.140. The molecule has 0 heterocycles. The predicted octanol–water partition coefficient (Wildman–Crippen LogP) is 2.43. The van der Waals surface area contributed by atoms with Crippen LogP contribution in [-0.2, 0) is 4.79 Å². The Hall–Kier alpha value is -1.22. The van der Waals surface area contributed by atoms with Gasteiger partial charge in [-0.2, -0.15) is 0 Å². The van der Waals surface area contributed by atoms with Gasteiger partial charge >= 0.3 is 5.97 Å². The number of carboxylic acids is 1. The summed E-state index contributed by atoms with van der Waals surface area (Å²) >= 11 is 0. The van der Waals surface area contributed by atoms with Crippen LogP contribution in [0.3, 0.4) is 0 Å². The summed E-state index contributed by atoms with van der Waals surface area (Å²) in [6, 6.07) is -0.993. The van der Waals surface area contributed by atoms with Crippen LogP contribution in [0, 0.1) is 5.41 Å². The van der Waals surface area contributed by atoms with E-state index in [4.69, 9.17) is 10.6 Å². The molecule has 5 heteroatoms. The van der Waals surface area contributed by atoms with Gasteiger partial charge in [0.1, 0.15) is 6.04 Å². The largest absolute Gasteiger partial charge is 0.481 e. The number of hydrogen-bond donors (Lipinski definition) is 1. The standard InChI is InChI=1S/C6H11N3O2.CH4/c1-6(2,3)4(5(10)11)8-9-7;/h4H,1-3H3,(H,10,11);1H4/t4-;/m0./s1. The number of hydrogen-bond acceptors (Lipinski definition) is 2. The quantitative estimate of drug-likeness (QED) is 0.395. The number of aliphatic carboxylic acids is 1. The van der Waals surface area contributed by atoms with Crippen LogP contribution in [0.25, 0.3) is 10.4 Å². The summed E-state index contributed by atoms with van der Waals surface area (Å²) in [6.07, 6.45) is 0. The Kier molecular flexibility index (Phi) is 5.15. The number of carboxylic acid groups (broad SMARTS) is 1. The lowest BCUT2D eigenvalue weighted by atomic mass is 9.87. The van der Waals surface area contributed by atoms with E-state index in [1.807, 2.05) is 0 Å². The van der Waals surface area contributed by atoms with Crippen LogP contribution in [-0.4, -0.2) is 17.1 Å². The average molecular weight is 173 g/mol. The van der Waals surface area contributed by atoms with Crippen LogP contribution in [0.1, 0.15) is 28.2 Å². The van der Waals surface area contributed by atoms with E-state index in [1.54, 1.807) is 20.8 Å². The van der Waals surface area contributed by atoms with E-state index < -0.39 is 17.4 Å². The molecule has 0 unspecified atom stereocenters. The second-order valence-corrected chi connectivity index (χ2v) is 3.31. The Bertz CT molecular complexity index is 199. The van der Waals surface area contributed by atoms with Crippen molar-refractivity contribution in [3.8, 4) is 0 Å². The highest BCUT2D eigenvalue weighted by Gasteiger charge is 2.29. The second-order valence-electron chi connectivity index (χ2n) is 3.31. The van der Waals surface area contributed by atoms with Gasteiger partial charge in [-0.25, -0.2) is 0 Å². The first-order valence-electron chi connectivity index (χ1n) is 3.16. The summed E-state index contributed by atoms with van der Waals surface area (Å²) in [5, 5.41) is 11.8. The number of azide groups is 1. The lowest BCUT2D eigenvalue weighted by Gasteiger charge is -2.22. The van der Waals surface area contributed by atoms with Crippen LogP contribution in [0.5, 0.6) is 0 Å². The average Bonchev–Trinajstić information content (AvgIpc) is 1.79. The van der Waals surface area contributed by atoms with Crippen molar-refractivity contribution < 1.29 is 9.90 Å². The van der Waals surface area contributed by atoms with Crippen molar-refractivity contribution in [2.24, 2.45) is 10.5 Å². The summed E-state index contributed by atoms with van der Waals surface area (Å²) < 4.78 is 0. The highest BCUT2D eigenvalue weighted by Crippen LogP contribution is 2.22. The number of rotatable bonds is 2. The minimum atomic E-state index is -1.09. The van der Waals surface area contributed by atoms with Crippen molar-refractivity contribution in [1.29, 1.82) is 0 Å². The normalized spacial score (nSPS) is 12.2. The smallest absolute Gasteiger partial charge is 0.312 e. The minimum Gasteiger partial charge on any atom is -0.481 e. The van der Waals surface area contributed by atoms with E-state index in [9.17, 15) is 4.79 Å². The molecule has 0 saturated heterocycles. The fourth-order valence-corrected chi connectivity index (χ4v) is 0.645. The van der Waals surface area contributed by atoms with Crippen LogP contribution < -0.4 is 0 Å². The third-order valence-electron chi connectivity index (χ3n) is 1.22. The molecule has 0 aliphatic carbocycles. The zero-order chi connectivity index (χ0) is 9.07. The van der Waals surface area contributed by atoms with E-state index in [1.165, 1.54) is 0 Å². The van der Waals surface area contributed by atoms with E-state index in [-0.39, 0.29) is 7.43 Å². The van der Waals surface area contributed by atoms with Gasteiger partial charge in [0.2, 0.25) is 0 Å². The molecule has 70 valence electrons. The van der Waals surface area contributed by atoms with Crippen molar-refractivity contribution >= 4 is 5.97 Å². The zero-order valence-electron chi connectivity index (χ0n) is 6.77. The molecule has 12 heavy (non-hydrogen) atoms. The summed E-state index contributed by atoms with van der Waals surface area (Å²) in [5.41, 5.74) is 7.51. The first kappa shape index (κ1) is 13.4. The Morgan fingerprint density at radius 3 is 2.08 bits per heavy atom. The van der Waals surface area contributed by atoms with E-state index in [0.717, 1.165) is 0 Å². The summed E-state index contributed by atoms with van der Waals surface area (Å²) in [7, 11) is 0. The predicted molar refractivity (Wildman–Crippen MR) is 46.8 cm³/mol. The fourth-order valence-electron chi connectivity index (χ4n) is 0.645. The van der Waals surface area contributed by atoms with Gasteiger partial charge in [-0.15, -0.1) is 0 Å². The molecule has 0 saturated carbocycles. The first-order valence-corrected chi connectivity index (χ1v) is 3.16. The molecular formula is C7H15N3O2. The maximum atomic E-state index is 10.5. The van der Waals surface area contributed by atoms with Crippen molar-refractivity contribution in [3.63, 3.8) is 0 Å². The molecule has 0 aromatic rings. The van der Waals surface area contributed by atoms with Gasteiger partial charge in [-0.1, -0.05) is 33.3 Å². The fraction of sp³-hybridized carbons (Fsp3) is 0.857. The van der Waals surface area contributed by atoms with Crippen LogP contribution in [0.4, 0.5) is 0 Å². The molecule has 0 amide bonds. The van der Waals surface area contributed by atoms with Crippen molar-refractivity contribution in [1.82, 2.24) is 0 Å². The monoisotopic (exact) mass is 173 g/mol. The first-order chi connectivity index (χ1) is 4.89. The third-order valence-corrected chi connectivity index (χ3v) is 1.22. The Morgan fingerprint density at radius 2 is 2.00 bits per heavy atom. The topological polar surface area (TPSA) is 86.1 Å². The van der Waals surface area contributed by atoms with Gasteiger partial charge in [0, 0.05) is 4.91 Å². The third kappa shape index (κ3) is 3.83. The molecule has 0 aliphatic rings. The summed E-state index contributed by atoms with van der Waals surface area (Å²) in [5.74, 6) is -1.09. The number of carbonyl (C=O) groups is 1. The van der Waals surface area contributed by atoms with E-state index in [2.05, 4.69) is 10.0 Å². The van der Waals surface area contributed by atoms with E-state index in [0.29, 0.717) is 0 Å². The Morgan fingerprint density at radius 1 is 1.58 bits per heavy atom. The molecule has 0 spiro atoms. The van der Waals surface area contributed by atoms with E-state index >= 15 is 0 Å². The van der Waals surface area contributed by atoms with Crippen molar-refractivity contribution in [3.05, 3.63) is 10.4 Å². The Labute approximate surface area is 72.0 Å². The SMILES string of the molecule is C.CC(C)(C)[C@@H](N=[N+]=[N-])C(=O)O. The highest BCUT2D eigenvalue weighted by molar-refractivity contribution is 5.74. The van der Waals surface area contributed by atoms with Crippen molar-refractivity contribution in [2.75, 3.05) is 0 Å². The molecule has 5 nitrogen and oxygen atoms in total. The van der Waals surface area contributed by atoms with Crippen LogP contribution in [0.15, 0.2) is 5.11 Å². The maximum absolute atomic E-state index is 10.5. The van der Waals surface area contributed by atoms with Crippen molar-refractivity contribution in [2.45, 2.75) is 34.2 Å². The van der Waals surface area contributed by atoms with Gasteiger partial charge < -0.3 is 5.11 Å². The van der Waals surface area contributed by atoms with Gasteiger partial charge in [0.15, 0.2) is 0 Å². The highest BCUT2D eigenvalue weighted by atomic mass is 16.4. The second kappa shape index (κ2) is 4.62. The molecule has 0 aromatic heterocycles. The molecular weight excluding hydrogens is 158 g/mol. The minimum absolute atomic E-state index is 0. The van der Waals surface area contributed by atoms with Crippen LogP contribution >= 0.6 is 0 Å². The van der Waals surface area contributed by atoms with Gasteiger partial charge in [0.25, 0.3) is 0 Å². The van der Waals surface area contributed by atoms with Crippen LogP contribution in [0.2, 0.25) is 0 Å². The van der Waals surface area contributed by atoms with Gasteiger partial charge in [-0.05, 0) is 10.9 Å². The molecule has 0 fully saturated rings. The van der Waals surface area contributed by atoms with Gasteiger partial charge in [0.05, 0.1) is 0 Å². The molecule has 1 atom stereocenters. The molecule has 0 aliphatic heterocycles. The number of nitrogens with zero attached hydrogens (tertiary/aromatic N) is 3. The lowest BCUT2D eigenvalue weighted by Crippen LogP contribution is -2.31. The molecule has 1 N–H and O–H groups in total. The zero-order valence-corrected chi connectivity index (χ0v) is 6.77. The Balaban J connectivity index is 0. The maximum Gasteiger partial charge on any atom is 0.312 e. The summed E-state index contributed by atoms with van der Waals surface area (Å²) in [4.78, 5) is 12.9. The molecule has 0 bridgehead atoms. The van der Waals surface area contributed by atoms with Gasteiger partial charge in [-0.3, -0.25) is 4.79 Å². The molecule has 0 rings (SSSR count).